The van der Waals surface area contributed by atoms with E-state index in [0.717, 1.165) is 16.9 Å². The number of rotatable bonds is 3. The molecule has 8 heteroatoms. The first-order valence-corrected chi connectivity index (χ1v) is 9.03. The Morgan fingerprint density at radius 1 is 1.00 bits per heavy atom. The summed E-state index contributed by atoms with van der Waals surface area (Å²) >= 11 is 0. The van der Waals surface area contributed by atoms with E-state index < -0.39 is 0 Å². The minimum absolute atomic E-state index is 0.177. The van der Waals surface area contributed by atoms with Crippen LogP contribution in [0.25, 0.3) is 0 Å². The third-order valence-corrected chi connectivity index (χ3v) is 4.96. The Kier molecular flexibility index (Phi) is 4.17. The van der Waals surface area contributed by atoms with Crippen LogP contribution in [0.15, 0.2) is 54.7 Å². The van der Waals surface area contributed by atoms with Crippen LogP contribution in [0.1, 0.15) is 33.8 Å². The van der Waals surface area contributed by atoms with Gasteiger partial charge in [-0.2, -0.15) is 15.4 Å². The molecule has 1 fully saturated rings. The zero-order valence-electron chi connectivity index (χ0n) is 14.9. The molecule has 0 spiro atoms. The summed E-state index contributed by atoms with van der Waals surface area (Å²) in [5.74, 6) is 1.23. The predicted octanol–water partition coefficient (Wildman–Crippen LogP) is 2.49. The van der Waals surface area contributed by atoms with E-state index in [1.54, 1.807) is 4.90 Å². The first-order chi connectivity index (χ1) is 13.8. The van der Waals surface area contributed by atoms with Crippen molar-refractivity contribution >= 4 is 5.91 Å². The van der Waals surface area contributed by atoms with Gasteiger partial charge in [0.15, 0.2) is 17.2 Å². The van der Waals surface area contributed by atoms with Gasteiger partial charge < -0.3 is 19.1 Å². The largest absolute Gasteiger partial charge is 0.454 e. The smallest absolute Gasteiger partial charge is 0.276 e. The molecule has 5 rings (SSSR count). The Hall–Kier alpha value is -3.39. The van der Waals surface area contributed by atoms with Gasteiger partial charge in [0.25, 0.3) is 5.91 Å². The maximum absolute atomic E-state index is 12.9. The Morgan fingerprint density at radius 3 is 2.57 bits per heavy atom. The van der Waals surface area contributed by atoms with Crippen molar-refractivity contribution in [2.45, 2.75) is 12.2 Å². The van der Waals surface area contributed by atoms with Crippen molar-refractivity contribution in [1.29, 1.82) is 0 Å². The number of H-pyrrole nitrogens is 1. The van der Waals surface area contributed by atoms with Gasteiger partial charge in [0.05, 0.1) is 19.3 Å². The first kappa shape index (κ1) is 16.8. The van der Waals surface area contributed by atoms with E-state index in [2.05, 4.69) is 15.4 Å². The van der Waals surface area contributed by atoms with E-state index >= 15 is 0 Å². The van der Waals surface area contributed by atoms with E-state index in [9.17, 15) is 4.79 Å². The fourth-order valence-corrected chi connectivity index (χ4v) is 3.54. The van der Waals surface area contributed by atoms with Crippen LogP contribution in [-0.4, -0.2) is 46.1 Å². The lowest BCUT2D eigenvalue weighted by molar-refractivity contribution is -0.0798. The standard InChI is InChI=1S/C20H18N4O4/c25-20(15-9-21-23-22-15)24-10-18(13-4-2-1-3-5-13)28-19(11-24)14-6-7-16-17(8-14)27-12-26-16/h1-9,18-19H,10-12H2,(H,21,22,23)/t18-,19+/m0/s1. The molecule has 1 amide bonds. The van der Waals surface area contributed by atoms with Gasteiger partial charge in [0, 0.05) is 0 Å². The van der Waals surface area contributed by atoms with Crippen LogP contribution < -0.4 is 9.47 Å². The minimum atomic E-state index is -0.302. The number of ether oxygens (including phenoxy) is 3. The van der Waals surface area contributed by atoms with Crippen LogP contribution >= 0.6 is 0 Å². The molecule has 0 bridgehead atoms. The van der Waals surface area contributed by atoms with Crippen LogP contribution in [0.3, 0.4) is 0 Å². The molecule has 3 aromatic rings. The Morgan fingerprint density at radius 2 is 1.79 bits per heavy atom. The summed E-state index contributed by atoms with van der Waals surface area (Å²) in [7, 11) is 0. The van der Waals surface area contributed by atoms with Crippen molar-refractivity contribution in [2.24, 2.45) is 0 Å². The summed E-state index contributed by atoms with van der Waals surface area (Å²) in [5.41, 5.74) is 2.24. The zero-order chi connectivity index (χ0) is 18.9. The fourth-order valence-electron chi connectivity index (χ4n) is 3.54. The Bertz CT molecular complexity index is 977. The summed E-state index contributed by atoms with van der Waals surface area (Å²) in [6, 6.07) is 15.6. The van der Waals surface area contributed by atoms with Crippen LogP contribution in [0.4, 0.5) is 0 Å². The molecule has 1 N–H and O–H groups in total. The number of aromatic amines is 1. The van der Waals surface area contributed by atoms with Crippen molar-refractivity contribution in [3.63, 3.8) is 0 Å². The predicted molar refractivity (Wildman–Crippen MR) is 97.9 cm³/mol. The highest BCUT2D eigenvalue weighted by molar-refractivity contribution is 5.92. The van der Waals surface area contributed by atoms with Crippen molar-refractivity contribution in [3.8, 4) is 11.5 Å². The molecule has 142 valence electrons. The molecular weight excluding hydrogens is 360 g/mol. The normalized spacial score (nSPS) is 20.9. The van der Waals surface area contributed by atoms with E-state index in [1.807, 2.05) is 48.5 Å². The van der Waals surface area contributed by atoms with Crippen molar-refractivity contribution in [2.75, 3.05) is 19.9 Å². The fraction of sp³-hybridized carbons (Fsp3) is 0.250. The van der Waals surface area contributed by atoms with E-state index in [-0.39, 0.29) is 30.6 Å². The summed E-state index contributed by atoms with van der Waals surface area (Å²) in [5, 5.41) is 10.2. The third kappa shape index (κ3) is 3.07. The third-order valence-electron chi connectivity index (χ3n) is 4.96. The Labute approximate surface area is 161 Å². The highest BCUT2D eigenvalue weighted by atomic mass is 16.7. The number of nitrogens with one attached hydrogen (secondary N) is 1. The summed E-state index contributed by atoms with van der Waals surface area (Å²) in [4.78, 5) is 14.7. The molecule has 2 aromatic carbocycles. The van der Waals surface area contributed by atoms with Crippen LogP contribution in [0.5, 0.6) is 11.5 Å². The second-order valence-electron chi connectivity index (χ2n) is 6.70. The number of morpholine rings is 1. The molecule has 2 aliphatic rings. The molecule has 0 saturated carbocycles. The lowest BCUT2D eigenvalue weighted by atomic mass is 10.0. The van der Waals surface area contributed by atoms with Gasteiger partial charge in [-0.25, -0.2) is 0 Å². The first-order valence-electron chi connectivity index (χ1n) is 9.03. The molecule has 3 heterocycles. The van der Waals surface area contributed by atoms with Crippen molar-refractivity contribution in [1.82, 2.24) is 20.3 Å². The topological polar surface area (TPSA) is 89.6 Å². The number of aromatic nitrogens is 3. The lowest BCUT2D eigenvalue weighted by Crippen LogP contribution is -2.43. The molecule has 0 unspecified atom stereocenters. The van der Waals surface area contributed by atoms with Gasteiger partial charge in [0.2, 0.25) is 6.79 Å². The molecule has 2 atom stereocenters. The number of hydrogen-bond acceptors (Lipinski definition) is 6. The second-order valence-corrected chi connectivity index (χ2v) is 6.70. The lowest BCUT2D eigenvalue weighted by Gasteiger charge is -2.38. The molecule has 0 aliphatic carbocycles. The van der Waals surface area contributed by atoms with Gasteiger partial charge in [0.1, 0.15) is 12.2 Å². The minimum Gasteiger partial charge on any atom is -0.454 e. The molecule has 8 nitrogen and oxygen atoms in total. The summed E-state index contributed by atoms with van der Waals surface area (Å²) in [6.07, 6.45) is 0.885. The van der Waals surface area contributed by atoms with Crippen LogP contribution in [0.2, 0.25) is 0 Å². The maximum atomic E-state index is 12.9. The number of carbonyl (C=O) groups excluding carboxylic acids is 1. The van der Waals surface area contributed by atoms with E-state index in [0.29, 0.717) is 18.8 Å². The molecule has 0 radical (unpaired) electrons. The average molecular weight is 378 g/mol. The SMILES string of the molecule is O=C(c1cn[nH]n1)N1C[C@@H](c2ccccc2)O[C@@H](c2ccc3c(c2)OCO3)C1. The number of amides is 1. The van der Waals surface area contributed by atoms with Gasteiger partial charge in [-0.15, -0.1) is 0 Å². The molecule has 1 saturated heterocycles. The Balaban J connectivity index is 1.47. The molecule has 1 aromatic heterocycles. The number of hydrogen-bond donors (Lipinski definition) is 1. The van der Waals surface area contributed by atoms with Gasteiger partial charge in [-0.05, 0) is 23.3 Å². The average Bonchev–Trinajstić information content (AvgIpc) is 3.45. The molecule has 28 heavy (non-hydrogen) atoms. The van der Waals surface area contributed by atoms with E-state index in [1.165, 1.54) is 6.20 Å². The van der Waals surface area contributed by atoms with Gasteiger partial charge in [-0.3, -0.25) is 4.79 Å². The summed E-state index contributed by atoms with van der Waals surface area (Å²) < 4.78 is 17.3. The number of carbonyl (C=O) groups is 1. The molecular formula is C20H18N4O4. The highest BCUT2D eigenvalue weighted by Crippen LogP contribution is 2.38. The van der Waals surface area contributed by atoms with Crippen molar-refractivity contribution < 1.29 is 19.0 Å². The second kappa shape index (κ2) is 6.97. The van der Waals surface area contributed by atoms with E-state index in [4.69, 9.17) is 14.2 Å². The number of fused-ring (bicyclic) bond motifs is 1. The van der Waals surface area contributed by atoms with Gasteiger partial charge >= 0.3 is 0 Å². The highest BCUT2D eigenvalue weighted by Gasteiger charge is 2.34. The number of nitrogens with zero attached hydrogens (tertiary/aromatic N) is 3. The monoisotopic (exact) mass is 378 g/mol. The summed E-state index contributed by atoms with van der Waals surface area (Å²) in [6.45, 7) is 1.07. The van der Waals surface area contributed by atoms with Gasteiger partial charge in [-0.1, -0.05) is 36.4 Å². The zero-order valence-corrected chi connectivity index (χ0v) is 14.9. The van der Waals surface area contributed by atoms with Crippen molar-refractivity contribution in [3.05, 3.63) is 71.5 Å². The van der Waals surface area contributed by atoms with Crippen LogP contribution in [0, 0.1) is 0 Å². The number of benzene rings is 2. The quantitative estimate of drug-likeness (QED) is 0.753. The van der Waals surface area contributed by atoms with Crippen LogP contribution in [-0.2, 0) is 4.74 Å². The maximum Gasteiger partial charge on any atom is 0.276 e. The molecule has 2 aliphatic heterocycles.